The van der Waals surface area contributed by atoms with Gasteiger partial charge in [-0.3, -0.25) is 9.47 Å². The summed E-state index contributed by atoms with van der Waals surface area (Å²) in [6, 6.07) is 11.7. The van der Waals surface area contributed by atoms with E-state index < -0.39 is 0 Å². The van der Waals surface area contributed by atoms with Crippen LogP contribution in [0.3, 0.4) is 0 Å². The summed E-state index contributed by atoms with van der Waals surface area (Å²) in [6.45, 7) is 7.46. The number of anilines is 1. The summed E-state index contributed by atoms with van der Waals surface area (Å²) in [4.78, 5) is 21.3. The molecule has 0 saturated carbocycles. The summed E-state index contributed by atoms with van der Waals surface area (Å²) in [5.74, 6) is 0.808. The zero-order valence-electron chi connectivity index (χ0n) is 14.4. The predicted octanol–water partition coefficient (Wildman–Crippen LogP) is 2.12. The molecule has 0 unspecified atom stereocenters. The number of fused-ring (bicyclic) bond motifs is 1. The van der Waals surface area contributed by atoms with Crippen molar-refractivity contribution in [2.24, 2.45) is 0 Å². The van der Waals surface area contributed by atoms with Crippen LogP contribution >= 0.6 is 0 Å². The Bertz CT molecular complexity index is 922. The quantitative estimate of drug-likeness (QED) is 0.729. The van der Waals surface area contributed by atoms with Crippen LogP contribution < -0.4 is 10.7 Å². The van der Waals surface area contributed by atoms with Crippen molar-refractivity contribution >= 4 is 16.9 Å². The highest BCUT2D eigenvalue weighted by atomic mass is 16.4. The lowest BCUT2D eigenvalue weighted by Gasteiger charge is -2.36. The lowest BCUT2D eigenvalue weighted by atomic mass is 10.2. The Morgan fingerprint density at radius 1 is 1.04 bits per heavy atom. The van der Waals surface area contributed by atoms with E-state index in [0.29, 0.717) is 12.1 Å². The lowest BCUT2D eigenvalue weighted by Crippen LogP contribution is -2.48. The van der Waals surface area contributed by atoms with Crippen molar-refractivity contribution in [3.8, 4) is 0 Å². The Hall–Kier alpha value is -2.60. The molecule has 1 aromatic carbocycles. The Kier molecular flexibility index (Phi) is 4.28. The standard InChI is InChI=1S/C19H22N4O2/c1-15-5-4-8-20-18(15)22-12-9-21(10-13-22)11-14-23-16-6-2-3-7-17(16)25-19(23)24/h2-8H,9-14H2,1H3. The van der Waals surface area contributed by atoms with E-state index >= 15 is 0 Å². The molecule has 1 saturated heterocycles. The van der Waals surface area contributed by atoms with Gasteiger partial charge in [0.2, 0.25) is 0 Å². The number of nitrogens with zero attached hydrogens (tertiary/aromatic N) is 4. The van der Waals surface area contributed by atoms with Gasteiger partial charge < -0.3 is 9.32 Å². The van der Waals surface area contributed by atoms with E-state index in [0.717, 1.165) is 44.1 Å². The van der Waals surface area contributed by atoms with Crippen LogP contribution in [-0.4, -0.2) is 47.2 Å². The number of benzene rings is 1. The third-order valence-electron chi connectivity index (χ3n) is 4.87. The molecule has 4 rings (SSSR count). The summed E-state index contributed by atoms with van der Waals surface area (Å²) < 4.78 is 7.03. The van der Waals surface area contributed by atoms with Crippen molar-refractivity contribution in [3.63, 3.8) is 0 Å². The van der Waals surface area contributed by atoms with Gasteiger partial charge in [-0.15, -0.1) is 0 Å². The summed E-state index contributed by atoms with van der Waals surface area (Å²) in [5, 5.41) is 0. The molecule has 6 nitrogen and oxygen atoms in total. The molecule has 0 spiro atoms. The average molecular weight is 338 g/mol. The number of rotatable bonds is 4. The second-order valence-corrected chi connectivity index (χ2v) is 6.46. The van der Waals surface area contributed by atoms with Crippen molar-refractivity contribution in [1.82, 2.24) is 14.5 Å². The lowest BCUT2D eigenvalue weighted by molar-refractivity contribution is 0.246. The zero-order valence-corrected chi connectivity index (χ0v) is 14.4. The first-order chi connectivity index (χ1) is 12.2. The minimum absolute atomic E-state index is 0.274. The summed E-state index contributed by atoms with van der Waals surface area (Å²) in [5.41, 5.74) is 2.74. The van der Waals surface area contributed by atoms with Gasteiger partial charge >= 0.3 is 5.76 Å². The minimum Gasteiger partial charge on any atom is -0.408 e. The third kappa shape index (κ3) is 3.17. The van der Waals surface area contributed by atoms with Crippen molar-refractivity contribution in [3.05, 3.63) is 58.7 Å². The van der Waals surface area contributed by atoms with E-state index in [1.54, 1.807) is 4.57 Å². The normalized spacial score (nSPS) is 15.8. The number of aromatic nitrogens is 2. The predicted molar refractivity (Wildman–Crippen MR) is 98.1 cm³/mol. The van der Waals surface area contributed by atoms with E-state index in [1.165, 1.54) is 5.56 Å². The van der Waals surface area contributed by atoms with Crippen LogP contribution in [0, 0.1) is 6.92 Å². The number of pyridine rings is 1. The fourth-order valence-corrected chi connectivity index (χ4v) is 3.46. The third-order valence-corrected chi connectivity index (χ3v) is 4.87. The molecule has 0 atom stereocenters. The second-order valence-electron chi connectivity index (χ2n) is 6.46. The van der Waals surface area contributed by atoms with Crippen LogP contribution in [0.5, 0.6) is 0 Å². The van der Waals surface area contributed by atoms with Gasteiger partial charge in [0.1, 0.15) is 5.82 Å². The van der Waals surface area contributed by atoms with Crippen LogP contribution in [-0.2, 0) is 6.54 Å². The van der Waals surface area contributed by atoms with E-state index in [1.807, 2.05) is 36.5 Å². The topological polar surface area (TPSA) is 54.5 Å². The molecule has 3 aromatic rings. The first kappa shape index (κ1) is 15.9. The molecule has 0 bridgehead atoms. The van der Waals surface area contributed by atoms with Crippen molar-refractivity contribution in [2.75, 3.05) is 37.6 Å². The number of hydrogen-bond acceptors (Lipinski definition) is 5. The van der Waals surface area contributed by atoms with Crippen molar-refractivity contribution < 1.29 is 4.42 Å². The smallest absolute Gasteiger partial charge is 0.408 e. The molecule has 1 aliphatic rings. The van der Waals surface area contributed by atoms with Gasteiger partial charge in [0.15, 0.2) is 5.58 Å². The Morgan fingerprint density at radius 3 is 2.64 bits per heavy atom. The maximum atomic E-state index is 12.0. The molecule has 6 heteroatoms. The summed E-state index contributed by atoms with van der Waals surface area (Å²) in [6.07, 6.45) is 1.85. The monoisotopic (exact) mass is 338 g/mol. The molecule has 0 radical (unpaired) electrons. The van der Waals surface area contributed by atoms with E-state index in [-0.39, 0.29) is 5.76 Å². The molecular weight excluding hydrogens is 316 g/mol. The van der Waals surface area contributed by atoms with Gasteiger partial charge in [-0.05, 0) is 30.7 Å². The molecule has 1 fully saturated rings. The number of aryl methyl sites for hydroxylation is 1. The van der Waals surface area contributed by atoms with Gasteiger partial charge in [-0.25, -0.2) is 9.78 Å². The first-order valence-electron chi connectivity index (χ1n) is 8.70. The SMILES string of the molecule is Cc1cccnc1N1CCN(CCn2c(=O)oc3ccccc32)CC1. The highest BCUT2D eigenvalue weighted by Gasteiger charge is 2.19. The fraction of sp³-hybridized carbons (Fsp3) is 0.368. The van der Waals surface area contributed by atoms with E-state index in [4.69, 9.17) is 4.42 Å². The molecule has 0 aliphatic carbocycles. The Balaban J connectivity index is 1.38. The van der Waals surface area contributed by atoms with Gasteiger partial charge in [-0.2, -0.15) is 0 Å². The van der Waals surface area contributed by atoms with E-state index in [2.05, 4.69) is 27.8 Å². The molecule has 1 aliphatic heterocycles. The molecule has 0 amide bonds. The van der Waals surface area contributed by atoms with Gasteiger partial charge in [-0.1, -0.05) is 18.2 Å². The summed E-state index contributed by atoms with van der Waals surface area (Å²) in [7, 11) is 0. The van der Waals surface area contributed by atoms with Crippen LogP contribution in [0.4, 0.5) is 5.82 Å². The van der Waals surface area contributed by atoms with Gasteiger partial charge in [0.25, 0.3) is 0 Å². The number of hydrogen-bond donors (Lipinski definition) is 0. The van der Waals surface area contributed by atoms with Gasteiger partial charge in [0, 0.05) is 45.5 Å². The van der Waals surface area contributed by atoms with Crippen LogP contribution in [0.25, 0.3) is 11.1 Å². The number of oxazole rings is 1. The molecule has 25 heavy (non-hydrogen) atoms. The number of piperazine rings is 1. The second kappa shape index (κ2) is 6.72. The average Bonchev–Trinajstić information content (AvgIpc) is 2.96. The maximum absolute atomic E-state index is 12.0. The largest absolute Gasteiger partial charge is 0.419 e. The van der Waals surface area contributed by atoms with Crippen molar-refractivity contribution in [2.45, 2.75) is 13.5 Å². The molecule has 0 N–H and O–H groups in total. The highest BCUT2D eigenvalue weighted by Crippen LogP contribution is 2.18. The zero-order chi connectivity index (χ0) is 17.2. The first-order valence-corrected chi connectivity index (χ1v) is 8.70. The highest BCUT2D eigenvalue weighted by molar-refractivity contribution is 5.72. The number of para-hydroxylation sites is 2. The van der Waals surface area contributed by atoms with Crippen LogP contribution in [0.15, 0.2) is 51.8 Å². The summed E-state index contributed by atoms with van der Waals surface area (Å²) >= 11 is 0. The molecule has 130 valence electrons. The molecule has 2 aromatic heterocycles. The van der Waals surface area contributed by atoms with E-state index in [9.17, 15) is 4.79 Å². The van der Waals surface area contributed by atoms with Crippen LogP contribution in [0.2, 0.25) is 0 Å². The maximum Gasteiger partial charge on any atom is 0.419 e. The molecular formula is C19H22N4O2. The Morgan fingerprint density at radius 2 is 1.84 bits per heavy atom. The van der Waals surface area contributed by atoms with Crippen LogP contribution in [0.1, 0.15) is 5.56 Å². The fourth-order valence-electron chi connectivity index (χ4n) is 3.46. The molecule has 3 heterocycles. The minimum atomic E-state index is -0.274. The van der Waals surface area contributed by atoms with Gasteiger partial charge in [0.05, 0.1) is 5.52 Å². The Labute approximate surface area is 146 Å². The van der Waals surface area contributed by atoms with Crippen molar-refractivity contribution in [1.29, 1.82) is 0 Å².